The molecule has 24 heavy (non-hydrogen) atoms. The van der Waals surface area contributed by atoms with Gasteiger partial charge in [-0.2, -0.15) is 0 Å². The molecule has 5 heteroatoms. The maximum absolute atomic E-state index is 12.4. The Bertz CT molecular complexity index is 675. The van der Waals surface area contributed by atoms with Crippen molar-refractivity contribution in [1.82, 2.24) is 14.8 Å². The monoisotopic (exact) mass is 343 g/mol. The van der Waals surface area contributed by atoms with Gasteiger partial charge in [0.1, 0.15) is 0 Å². The van der Waals surface area contributed by atoms with Gasteiger partial charge in [-0.05, 0) is 25.8 Å². The molecule has 1 fully saturated rings. The largest absolute Gasteiger partial charge is 0.340 e. The minimum atomic E-state index is 0.278. The summed E-state index contributed by atoms with van der Waals surface area (Å²) in [7, 11) is 0. The fourth-order valence-electron chi connectivity index (χ4n) is 3.18. The molecule has 3 rings (SSSR count). The number of aryl methyl sites for hydroxylation is 3. The third kappa shape index (κ3) is 4.42. The third-order valence-electron chi connectivity index (χ3n) is 4.54. The van der Waals surface area contributed by atoms with Crippen LogP contribution in [0.4, 0.5) is 0 Å². The smallest absolute Gasteiger partial charge is 0.223 e. The van der Waals surface area contributed by atoms with Crippen LogP contribution in [0.3, 0.4) is 0 Å². The lowest BCUT2D eigenvalue weighted by atomic mass is 10.2. The number of carbonyl (C=O) groups excluding carboxylic acids is 1. The molecular formula is C19H25N3OS. The van der Waals surface area contributed by atoms with Gasteiger partial charge in [-0.25, -0.2) is 4.98 Å². The van der Waals surface area contributed by atoms with Crippen LogP contribution in [0.5, 0.6) is 0 Å². The van der Waals surface area contributed by atoms with Crippen LogP contribution in [0.2, 0.25) is 0 Å². The molecule has 1 saturated heterocycles. The van der Waals surface area contributed by atoms with Crippen molar-refractivity contribution in [3.63, 3.8) is 0 Å². The summed E-state index contributed by atoms with van der Waals surface area (Å²) in [4.78, 5) is 22.6. The number of aromatic nitrogens is 1. The van der Waals surface area contributed by atoms with E-state index in [0.717, 1.165) is 49.8 Å². The van der Waals surface area contributed by atoms with E-state index in [1.54, 1.807) is 11.3 Å². The molecule has 0 spiro atoms. The molecule has 0 N–H and O–H groups in total. The standard InChI is InChI=1S/C19H25N3OS/c1-15-18(24-16(2)20-15)8-9-19(23)22-12-10-21(11-13-22)14-17-6-4-3-5-7-17/h3-7H,8-14H2,1-2H3. The van der Waals surface area contributed by atoms with Crippen molar-refractivity contribution in [2.24, 2.45) is 0 Å². The summed E-state index contributed by atoms with van der Waals surface area (Å²) < 4.78 is 0. The second kappa shape index (κ2) is 7.90. The van der Waals surface area contributed by atoms with Gasteiger partial charge in [0.25, 0.3) is 0 Å². The van der Waals surface area contributed by atoms with E-state index in [-0.39, 0.29) is 5.91 Å². The maximum Gasteiger partial charge on any atom is 0.223 e. The van der Waals surface area contributed by atoms with E-state index in [1.165, 1.54) is 10.4 Å². The molecule has 0 radical (unpaired) electrons. The number of thiazole rings is 1. The molecule has 1 aliphatic rings. The van der Waals surface area contributed by atoms with Gasteiger partial charge in [-0.15, -0.1) is 11.3 Å². The highest BCUT2D eigenvalue weighted by molar-refractivity contribution is 7.11. The molecule has 2 heterocycles. The molecule has 128 valence electrons. The number of rotatable bonds is 5. The van der Waals surface area contributed by atoms with Gasteiger partial charge >= 0.3 is 0 Å². The Morgan fingerprint density at radius 2 is 1.83 bits per heavy atom. The number of hydrogen-bond acceptors (Lipinski definition) is 4. The zero-order valence-electron chi connectivity index (χ0n) is 14.5. The van der Waals surface area contributed by atoms with Crippen LogP contribution >= 0.6 is 11.3 Å². The van der Waals surface area contributed by atoms with E-state index in [9.17, 15) is 4.79 Å². The number of nitrogens with zero attached hydrogens (tertiary/aromatic N) is 3. The van der Waals surface area contributed by atoms with Gasteiger partial charge in [0.15, 0.2) is 0 Å². The molecule has 1 aromatic heterocycles. The van der Waals surface area contributed by atoms with Gasteiger partial charge in [0, 0.05) is 44.0 Å². The topological polar surface area (TPSA) is 36.4 Å². The first-order chi connectivity index (χ1) is 11.6. The maximum atomic E-state index is 12.4. The summed E-state index contributed by atoms with van der Waals surface area (Å²) in [6.45, 7) is 8.63. The molecule has 4 nitrogen and oxygen atoms in total. The number of amides is 1. The van der Waals surface area contributed by atoms with Crippen LogP contribution in [0.1, 0.15) is 27.6 Å². The number of piperazine rings is 1. The normalized spacial score (nSPS) is 15.7. The van der Waals surface area contributed by atoms with E-state index >= 15 is 0 Å². The average molecular weight is 343 g/mol. The van der Waals surface area contributed by atoms with Crippen molar-refractivity contribution in [2.45, 2.75) is 33.2 Å². The molecule has 1 aliphatic heterocycles. The highest BCUT2D eigenvalue weighted by Gasteiger charge is 2.21. The quantitative estimate of drug-likeness (QED) is 0.837. The van der Waals surface area contributed by atoms with Crippen molar-refractivity contribution >= 4 is 17.2 Å². The zero-order chi connectivity index (χ0) is 16.9. The lowest BCUT2D eigenvalue weighted by Crippen LogP contribution is -2.48. The van der Waals surface area contributed by atoms with E-state index in [1.807, 2.05) is 24.8 Å². The second-order valence-corrected chi connectivity index (χ2v) is 7.67. The molecular weight excluding hydrogens is 318 g/mol. The van der Waals surface area contributed by atoms with Crippen LogP contribution in [0, 0.1) is 13.8 Å². The predicted molar refractivity (Wildman–Crippen MR) is 98.2 cm³/mol. The van der Waals surface area contributed by atoms with Gasteiger partial charge in [0.05, 0.1) is 10.7 Å². The molecule has 0 unspecified atom stereocenters. The van der Waals surface area contributed by atoms with E-state index in [4.69, 9.17) is 0 Å². The summed E-state index contributed by atoms with van der Waals surface area (Å²) in [6, 6.07) is 10.5. The minimum absolute atomic E-state index is 0.278. The van der Waals surface area contributed by atoms with E-state index < -0.39 is 0 Å². The Hall–Kier alpha value is -1.72. The average Bonchev–Trinajstić information content (AvgIpc) is 2.92. The van der Waals surface area contributed by atoms with E-state index in [2.05, 4.69) is 34.1 Å². The van der Waals surface area contributed by atoms with Gasteiger partial charge in [0.2, 0.25) is 5.91 Å². The Labute approximate surface area is 148 Å². The highest BCUT2D eigenvalue weighted by Crippen LogP contribution is 2.19. The van der Waals surface area contributed by atoms with Gasteiger partial charge < -0.3 is 4.90 Å². The third-order valence-corrected chi connectivity index (χ3v) is 5.67. The summed E-state index contributed by atoms with van der Waals surface area (Å²) in [5.74, 6) is 0.278. The lowest BCUT2D eigenvalue weighted by Gasteiger charge is -2.34. The number of benzene rings is 1. The van der Waals surface area contributed by atoms with Crippen molar-refractivity contribution in [2.75, 3.05) is 26.2 Å². The summed E-state index contributed by atoms with van der Waals surface area (Å²) in [6.07, 6.45) is 1.42. The van der Waals surface area contributed by atoms with Crippen LogP contribution < -0.4 is 0 Å². The molecule has 0 aliphatic carbocycles. The SMILES string of the molecule is Cc1nc(C)c(CCC(=O)N2CCN(Cc3ccccc3)CC2)s1. The zero-order valence-corrected chi connectivity index (χ0v) is 15.3. The minimum Gasteiger partial charge on any atom is -0.340 e. The second-order valence-electron chi connectivity index (χ2n) is 6.38. The van der Waals surface area contributed by atoms with Crippen molar-refractivity contribution in [3.8, 4) is 0 Å². The first kappa shape index (κ1) is 17.1. The van der Waals surface area contributed by atoms with E-state index in [0.29, 0.717) is 6.42 Å². The first-order valence-electron chi connectivity index (χ1n) is 8.59. The van der Waals surface area contributed by atoms with Crippen LogP contribution in [-0.4, -0.2) is 46.9 Å². The summed E-state index contributed by atoms with van der Waals surface area (Å²) >= 11 is 1.71. The van der Waals surface area contributed by atoms with Crippen molar-refractivity contribution in [3.05, 3.63) is 51.5 Å². The predicted octanol–water partition coefficient (Wildman–Crippen LogP) is 3.04. The molecule has 1 aromatic carbocycles. The molecule has 0 saturated carbocycles. The highest BCUT2D eigenvalue weighted by atomic mass is 32.1. The molecule has 2 aromatic rings. The lowest BCUT2D eigenvalue weighted by molar-refractivity contribution is -0.132. The Morgan fingerprint density at radius 3 is 2.46 bits per heavy atom. The summed E-state index contributed by atoms with van der Waals surface area (Å²) in [5.41, 5.74) is 2.42. The van der Waals surface area contributed by atoms with Gasteiger partial charge in [-0.1, -0.05) is 30.3 Å². The molecule has 1 amide bonds. The van der Waals surface area contributed by atoms with Crippen molar-refractivity contribution < 1.29 is 4.79 Å². The fraction of sp³-hybridized carbons (Fsp3) is 0.474. The Morgan fingerprint density at radius 1 is 1.12 bits per heavy atom. The Balaban J connectivity index is 1.44. The number of carbonyl (C=O) groups is 1. The number of hydrogen-bond donors (Lipinski definition) is 0. The molecule has 0 bridgehead atoms. The first-order valence-corrected chi connectivity index (χ1v) is 9.40. The van der Waals surface area contributed by atoms with Crippen LogP contribution in [-0.2, 0) is 17.8 Å². The fourth-order valence-corrected chi connectivity index (χ4v) is 4.12. The van der Waals surface area contributed by atoms with Crippen molar-refractivity contribution in [1.29, 1.82) is 0 Å². The summed E-state index contributed by atoms with van der Waals surface area (Å²) in [5, 5.41) is 1.09. The van der Waals surface area contributed by atoms with Crippen LogP contribution in [0.15, 0.2) is 30.3 Å². The molecule has 0 atom stereocenters. The van der Waals surface area contributed by atoms with Gasteiger partial charge in [-0.3, -0.25) is 9.69 Å². The Kier molecular flexibility index (Phi) is 5.63. The van der Waals surface area contributed by atoms with Crippen LogP contribution in [0.25, 0.3) is 0 Å².